The summed E-state index contributed by atoms with van der Waals surface area (Å²) in [7, 11) is 0. The normalized spacial score (nSPS) is 17.1. The van der Waals surface area contributed by atoms with Gasteiger partial charge in [-0.2, -0.15) is 0 Å². The molecule has 1 aliphatic heterocycles. The number of hydrogen-bond donors (Lipinski definition) is 1. The number of halogens is 1. The highest BCUT2D eigenvalue weighted by molar-refractivity contribution is 6.30. The van der Waals surface area contributed by atoms with E-state index in [0.29, 0.717) is 6.04 Å². The lowest BCUT2D eigenvalue weighted by atomic mass is 10.0. The molecule has 2 aromatic rings. The molecule has 1 fully saturated rings. The van der Waals surface area contributed by atoms with Crippen LogP contribution in [0.1, 0.15) is 17.2 Å². The van der Waals surface area contributed by atoms with Crippen molar-refractivity contribution in [3.63, 3.8) is 0 Å². The standard InChI is InChI=1S/C18H22ClN3O/c19-17-3-1-2-16(12-17)18(22-8-10-23-11-9-22)14-21-13-15-4-6-20-7-5-15/h1-7,12,18,21H,8-11,13-14H2. The molecule has 122 valence electrons. The molecule has 4 nitrogen and oxygen atoms in total. The maximum Gasteiger partial charge on any atom is 0.0594 e. The Morgan fingerprint density at radius 1 is 1.17 bits per heavy atom. The Morgan fingerprint density at radius 3 is 2.70 bits per heavy atom. The van der Waals surface area contributed by atoms with Gasteiger partial charge in [0.05, 0.1) is 13.2 Å². The summed E-state index contributed by atoms with van der Waals surface area (Å²) in [6.45, 7) is 5.21. The molecule has 5 heteroatoms. The first-order valence-electron chi connectivity index (χ1n) is 8.00. The summed E-state index contributed by atoms with van der Waals surface area (Å²) in [5.41, 5.74) is 2.49. The smallest absolute Gasteiger partial charge is 0.0594 e. The molecular formula is C18H22ClN3O. The van der Waals surface area contributed by atoms with E-state index in [2.05, 4.69) is 27.3 Å². The minimum Gasteiger partial charge on any atom is -0.379 e. The van der Waals surface area contributed by atoms with Crippen LogP contribution in [0.15, 0.2) is 48.8 Å². The van der Waals surface area contributed by atoms with Gasteiger partial charge < -0.3 is 10.1 Å². The first kappa shape index (κ1) is 16.4. The number of nitrogens with zero attached hydrogens (tertiary/aromatic N) is 2. The van der Waals surface area contributed by atoms with Crippen LogP contribution < -0.4 is 5.32 Å². The second-order valence-electron chi connectivity index (χ2n) is 5.71. The van der Waals surface area contributed by atoms with Crippen LogP contribution in [0.2, 0.25) is 5.02 Å². The first-order valence-corrected chi connectivity index (χ1v) is 8.37. The fourth-order valence-corrected chi connectivity index (χ4v) is 3.11. The molecule has 0 aliphatic carbocycles. The molecule has 0 radical (unpaired) electrons. The predicted octanol–water partition coefficient (Wildman–Crippen LogP) is 2.90. The molecule has 3 rings (SSSR count). The molecule has 0 spiro atoms. The Morgan fingerprint density at radius 2 is 1.96 bits per heavy atom. The zero-order valence-corrected chi connectivity index (χ0v) is 13.9. The van der Waals surface area contributed by atoms with E-state index >= 15 is 0 Å². The summed E-state index contributed by atoms with van der Waals surface area (Å²) < 4.78 is 5.49. The molecule has 1 N–H and O–H groups in total. The maximum atomic E-state index is 6.19. The van der Waals surface area contributed by atoms with E-state index in [1.807, 2.05) is 36.7 Å². The summed E-state index contributed by atoms with van der Waals surface area (Å²) in [6, 6.07) is 12.5. The Kier molecular flexibility index (Phi) is 6.00. The van der Waals surface area contributed by atoms with Gasteiger partial charge in [-0.1, -0.05) is 23.7 Å². The Labute approximate surface area is 142 Å². The Hall–Kier alpha value is -1.46. The first-order chi connectivity index (χ1) is 11.3. The van der Waals surface area contributed by atoms with E-state index in [-0.39, 0.29) is 0 Å². The highest BCUT2D eigenvalue weighted by atomic mass is 35.5. The van der Waals surface area contributed by atoms with E-state index in [4.69, 9.17) is 16.3 Å². The van der Waals surface area contributed by atoms with Crippen molar-refractivity contribution in [1.29, 1.82) is 0 Å². The van der Waals surface area contributed by atoms with Crippen molar-refractivity contribution < 1.29 is 4.74 Å². The Bertz CT molecular complexity index is 602. The number of morpholine rings is 1. The summed E-state index contributed by atoms with van der Waals surface area (Å²) in [4.78, 5) is 6.52. The van der Waals surface area contributed by atoms with Crippen LogP contribution >= 0.6 is 11.6 Å². The number of hydrogen-bond acceptors (Lipinski definition) is 4. The monoisotopic (exact) mass is 331 g/mol. The molecule has 1 saturated heterocycles. The van der Waals surface area contributed by atoms with Gasteiger partial charge in [0.2, 0.25) is 0 Å². The highest BCUT2D eigenvalue weighted by Crippen LogP contribution is 2.24. The lowest BCUT2D eigenvalue weighted by Gasteiger charge is -2.35. The number of benzene rings is 1. The molecule has 0 saturated carbocycles. The van der Waals surface area contributed by atoms with Crippen molar-refractivity contribution in [2.45, 2.75) is 12.6 Å². The number of ether oxygens (including phenoxy) is 1. The van der Waals surface area contributed by atoms with Gasteiger partial charge in [-0.25, -0.2) is 0 Å². The van der Waals surface area contributed by atoms with Crippen LogP contribution in [-0.4, -0.2) is 42.7 Å². The van der Waals surface area contributed by atoms with Gasteiger partial charge in [0.1, 0.15) is 0 Å². The van der Waals surface area contributed by atoms with Crippen molar-refractivity contribution in [2.75, 3.05) is 32.8 Å². The van der Waals surface area contributed by atoms with Gasteiger partial charge in [-0.05, 0) is 35.4 Å². The molecule has 0 bridgehead atoms. The number of pyridine rings is 1. The lowest BCUT2D eigenvalue weighted by molar-refractivity contribution is 0.0161. The van der Waals surface area contributed by atoms with Gasteiger partial charge in [0, 0.05) is 49.6 Å². The van der Waals surface area contributed by atoms with Crippen LogP contribution in [-0.2, 0) is 11.3 Å². The SMILES string of the molecule is Clc1cccc(C(CNCc2ccncc2)N2CCOCC2)c1. The number of rotatable bonds is 6. The second-order valence-corrected chi connectivity index (χ2v) is 6.14. The minimum absolute atomic E-state index is 0.305. The second kappa shape index (κ2) is 8.41. The highest BCUT2D eigenvalue weighted by Gasteiger charge is 2.22. The molecule has 1 aliphatic rings. The quantitative estimate of drug-likeness (QED) is 0.883. The van der Waals surface area contributed by atoms with E-state index < -0.39 is 0 Å². The molecular weight excluding hydrogens is 310 g/mol. The predicted molar refractivity (Wildman–Crippen MR) is 92.5 cm³/mol. The van der Waals surface area contributed by atoms with Gasteiger partial charge in [-0.15, -0.1) is 0 Å². The minimum atomic E-state index is 0.305. The van der Waals surface area contributed by atoms with E-state index in [9.17, 15) is 0 Å². The molecule has 0 amide bonds. The third kappa shape index (κ3) is 4.75. The van der Waals surface area contributed by atoms with Crippen molar-refractivity contribution >= 4 is 11.6 Å². The van der Waals surface area contributed by atoms with Crippen molar-refractivity contribution in [3.05, 3.63) is 64.9 Å². The van der Waals surface area contributed by atoms with Gasteiger partial charge in [-0.3, -0.25) is 9.88 Å². The van der Waals surface area contributed by atoms with Crippen LogP contribution in [0.4, 0.5) is 0 Å². The van der Waals surface area contributed by atoms with Crippen LogP contribution in [0.25, 0.3) is 0 Å². The summed E-state index contributed by atoms with van der Waals surface area (Å²) in [5.74, 6) is 0. The van der Waals surface area contributed by atoms with Crippen molar-refractivity contribution in [1.82, 2.24) is 15.2 Å². The van der Waals surface area contributed by atoms with E-state index in [1.165, 1.54) is 11.1 Å². The van der Waals surface area contributed by atoms with E-state index in [1.54, 1.807) is 0 Å². The van der Waals surface area contributed by atoms with Crippen molar-refractivity contribution in [2.24, 2.45) is 0 Å². The molecule has 1 aromatic heterocycles. The maximum absolute atomic E-state index is 6.19. The van der Waals surface area contributed by atoms with Gasteiger partial charge in [0.15, 0.2) is 0 Å². The molecule has 23 heavy (non-hydrogen) atoms. The fourth-order valence-electron chi connectivity index (χ4n) is 2.91. The lowest BCUT2D eigenvalue weighted by Crippen LogP contribution is -2.42. The van der Waals surface area contributed by atoms with Crippen LogP contribution in [0.3, 0.4) is 0 Å². The van der Waals surface area contributed by atoms with Crippen LogP contribution in [0, 0.1) is 0 Å². The van der Waals surface area contributed by atoms with Crippen LogP contribution in [0.5, 0.6) is 0 Å². The summed E-state index contributed by atoms with van der Waals surface area (Å²) in [5, 5.41) is 4.35. The number of nitrogens with one attached hydrogen (secondary N) is 1. The summed E-state index contributed by atoms with van der Waals surface area (Å²) >= 11 is 6.19. The topological polar surface area (TPSA) is 37.4 Å². The molecule has 1 aromatic carbocycles. The summed E-state index contributed by atoms with van der Waals surface area (Å²) in [6.07, 6.45) is 3.65. The number of aromatic nitrogens is 1. The van der Waals surface area contributed by atoms with Crippen molar-refractivity contribution in [3.8, 4) is 0 Å². The Balaban J connectivity index is 1.67. The average Bonchev–Trinajstić information content (AvgIpc) is 2.60. The third-order valence-corrected chi connectivity index (χ3v) is 4.37. The molecule has 2 heterocycles. The third-order valence-electron chi connectivity index (χ3n) is 4.14. The molecule has 1 atom stereocenters. The van der Waals surface area contributed by atoms with Gasteiger partial charge in [0.25, 0.3) is 0 Å². The van der Waals surface area contributed by atoms with Gasteiger partial charge >= 0.3 is 0 Å². The molecule has 1 unspecified atom stereocenters. The fraction of sp³-hybridized carbons (Fsp3) is 0.389. The average molecular weight is 332 g/mol. The largest absolute Gasteiger partial charge is 0.379 e. The van der Waals surface area contributed by atoms with E-state index in [0.717, 1.165) is 44.4 Å². The zero-order valence-electron chi connectivity index (χ0n) is 13.1. The zero-order chi connectivity index (χ0) is 15.9.